The highest BCUT2D eigenvalue weighted by molar-refractivity contribution is 6.24. The summed E-state index contributed by atoms with van der Waals surface area (Å²) in [5.41, 5.74) is 17.2. The van der Waals surface area contributed by atoms with Gasteiger partial charge in [-0.15, -0.1) is 0 Å². The predicted molar refractivity (Wildman–Crippen MR) is 255 cm³/mol. The second-order valence-electron chi connectivity index (χ2n) is 16.0. The van der Waals surface area contributed by atoms with Gasteiger partial charge in [0.15, 0.2) is 0 Å². The van der Waals surface area contributed by atoms with Crippen LogP contribution < -0.4 is 0 Å². The zero-order chi connectivity index (χ0) is 40.3. The summed E-state index contributed by atoms with van der Waals surface area (Å²) in [7, 11) is 0. The van der Waals surface area contributed by atoms with Crippen LogP contribution in [0.3, 0.4) is 0 Å². The molecule has 0 unspecified atom stereocenters. The van der Waals surface area contributed by atoms with Crippen LogP contribution in [0.25, 0.3) is 116 Å². The Morgan fingerprint density at radius 3 is 1.74 bits per heavy atom. The van der Waals surface area contributed by atoms with Crippen molar-refractivity contribution in [2.24, 2.45) is 0 Å². The van der Waals surface area contributed by atoms with E-state index >= 15 is 0 Å². The van der Waals surface area contributed by atoms with Crippen LogP contribution in [0.4, 0.5) is 0 Å². The number of fused-ring (bicyclic) bond motifs is 9. The molecule has 0 amide bonds. The number of hydrogen-bond acceptors (Lipinski definition) is 3. The Morgan fingerprint density at radius 1 is 0.410 bits per heavy atom. The quantitative estimate of drug-likeness (QED) is 0.158. The summed E-state index contributed by atoms with van der Waals surface area (Å²) in [6, 6.07) is 65.2. The van der Waals surface area contributed by atoms with E-state index in [0.29, 0.717) is 0 Å². The maximum absolute atomic E-state index is 6.45. The third kappa shape index (κ3) is 6.13. The van der Waals surface area contributed by atoms with Gasteiger partial charge in [0.1, 0.15) is 11.2 Å². The van der Waals surface area contributed by atoms with Crippen molar-refractivity contribution in [2.45, 2.75) is 12.8 Å². The number of para-hydroxylation sites is 2. The highest BCUT2D eigenvalue weighted by Gasteiger charge is 2.17. The monoisotopic (exact) mass is 778 g/mol. The first kappa shape index (κ1) is 35.1. The third-order valence-corrected chi connectivity index (χ3v) is 12.4. The minimum Gasteiger partial charge on any atom is -0.455 e. The standard InChI is InChI=1S/C58H38N2O/c1-3-11-37(12-4-1)39-21-25-41(26-22-39)43-29-31-48-49-32-30-44(42-27-23-40(24-28-42)38-13-5-2-6-14-38)35-53(49)57-56(52(48)34-43)59-36-54(60-57)46-16-9-15-45(33-46)47-18-10-19-51-50-17-7-8-20-55(50)61-58(47)51/h1-5,7-13,15-36H,6,14H2. The van der Waals surface area contributed by atoms with Crippen LogP contribution in [0.5, 0.6) is 0 Å². The lowest BCUT2D eigenvalue weighted by Gasteiger charge is -2.14. The first-order chi connectivity index (χ1) is 30.2. The van der Waals surface area contributed by atoms with Gasteiger partial charge in [-0.3, -0.25) is 4.98 Å². The summed E-state index contributed by atoms with van der Waals surface area (Å²) in [6.07, 6.45) is 10.7. The number of hydrogen-bond donors (Lipinski definition) is 0. The molecule has 3 heteroatoms. The normalized spacial score (nSPS) is 12.8. The average Bonchev–Trinajstić information content (AvgIpc) is 3.73. The van der Waals surface area contributed by atoms with E-state index < -0.39 is 0 Å². The van der Waals surface area contributed by atoms with Crippen molar-refractivity contribution in [3.8, 4) is 55.8 Å². The van der Waals surface area contributed by atoms with E-state index in [9.17, 15) is 0 Å². The number of aromatic nitrogens is 2. The van der Waals surface area contributed by atoms with Crippen molar-refractivity contribution in [1.82, 2.24) is 9.97 Å². The highest BCUT2D eigenvalue weighted by atomic mass is 16.3. The van der Waals surface area contributed by atoms with Crippen molar-refractivity contribution in [3.05, 3.63) is 212 Å². The smallest absolute Gasteiger partial charge is 0.143 e. The molecule has 0 N–H and O–H groups in total. The molecule has 0 spiro atoms. The molecule has 9 aromatic carbocycles. The van der Waals surface area contributed by atoms with Gasteiger partial charge in [0.25, 0.3) is 0 Å². The molecule has 0 fully saturated rings. The molecule has 0 atom stereocenters. The van der Waals surface area contributed by atoms with E-state index in [-0.39, 0.29) is 0 Å². The van der Waals surface area contributed by atoms with Crippen molar-refractivity contribution in [2.75, 3.05) is 0 Å². The molecule has 0 radical (unpaired) electrons. The van der Waals surface area contributed by atoms with Crippen LogP contribution >= 0.6 is 0 Å². The molecule has 2 aromatic heterocycles. The lowest BCUT2D eigenvalue weighted by molar-refractivity contribution is 0.670. The predicted octanol–water partition coefficient (Wildman–Crippen LogP) is 15.9. The fourth-order valence-corrected chi connectivity index (χ4v) is 9.25. The Kier molecular flexibility index (Phi) is 8.31. The molecule has 0 aliphatic heterocycles. The summed E-state index contributed by atoms with van der Waals surface area (Å²) < 4.78 is 6.45. The Labute approximate surface area is 353 Å². The molecule has 0 saturated heterocycles. The van der Waals surface area contributed by atoms with Gasteiger partial charge in [0.2, 0.25) is 0 Å². The second-order valence-corrected chi connectivity index (χ2v) is 16.0. The van der Waals surface area contributed by atoms with Gasteiger partial charge in [-0.25, -0.2) is 4.98 Å². The van der Waals surface area contributed by atoms with Crippen LogP contribution in [0.2, 0.25) is 0 Å². The first-order valence-electron chi connectivity index (χ1n) is 21.0. The fourth-order valence-electron chi connectivity index (χ4n) is 9.25. The Balaban J connectivity index is 1.01. The number of nitrogens with zero attached hydrogens (tertiary/aromatic N) is 2. The lowest BCUT2D eigenvalue weighted by atomic mass is 9.92. The topological polar surface area (TPSA) is 38.9 Å². The number of benzene rings is 9. The van der Waals surface area contributed by atoms with Crippen molar-refractivity contribution < 1.29 is 4.42 Å². The molecule has 12 rings (SSSR count). The van der Waals surface area contributed by atoms with Gasteiger partial charge in [-0.05, 0) is 98.0 Å². The van der Waals surface area contributed by atoms with Crippen molar-refractivity contribution in [1.29, 1.82) is 0 Å². The second kappa shape index (κ2) is 14.4. The van der Waals surface area contributed by atoms with Gasteiger partial charge >= 0.3 is 0 Å². The molecule has 2 heterocycles. The summed E-state index contributed by atoms with van der Waals surface area (Å²) in [5.74, 6) is 0. The van der Waals surface area contributed by atoms with Crippen LogP contribution in [0, 0.1) is 0 Å². The maximum atomic E-state index is 6.45. The summed E-state index contributed by atoms with van der Waals surface area (Å²) in [5, 5.41) is 6.73. The molecular formula is C58H38N2O. The molecule has 286 valence electrons. The minimum absolute atomic E-state index is 0.823. The highest BCUT2D eigenvalue weighted by Crippen LogP contribution is 2.41. The van der Waals surface area contributed by atoms with E-state index in [1.165, 1.54) is 27.8 Å². The van der Waals surface area contributed by atoms with Gasteiger partial charge in [0, 0.05) is 32.7 Å². The molecular weight excluding hydrogens is 741 g/mol. The zero-order valence-corrected chi connectivity index (χ0v) is 33.3. The van der Waals surface area contributed by atoms with E-state index in [0.717, 1.165) is 106 Å². The SMILES string of the molecule is C1=CCCC(c2ccc(-c3ccc4c5ccc(-c6ccc(-c7ccccc7)cc6)cc5c5ncc(-c6cccc(-c7cccc8c7oc7ccccc78)c6)nc5c4c3)cc2)=C1. The van der Waals surface area contributed by atoms with Crippen LogP contribution in [-0.2, 0) is 0 Å². The number of furan rings is 1. The fraction of sp³-hybridized carbons (Fsp3) is 0.0345. The Hall–Kier alpha value is -7.88. The van der Waals surface area contributed by atoms with Gasteiger partial charge < -0.3 is 4.42 Å². The zero-order valence-electron chi connectivity index (χ0n) is 33.3. The third-order valence-electron chi connectivity index (χ3n) is 12.4. The average molecular weight is 779 g/mol. The molecule has 61 heavy (non-hydrogen) atoms. The van der Waals surface area contributed by atoms with Crippen molar-refractivity contribution in [3.63, 3.8) is 0 Å². The molecule has 1 aliphatic carbocycles. The number of rotatable bonds is 6. The molecule has 1 aliphatic rings. The number of allylic oxidation sites excluding steroid dienone is 4. The van der Waals surface area contributed by atoms with Crippen molar-refractivity contribution >= 4 is 60.1 Å². The Bertz CT molecular complexity index is 3560. The van der Waals surface area contributed by atoms with Gasteiger partial charge in [0.05, 0.1) is 22.9 Å². The van der Waals surface area contributed by atoms with Crippen LogP contribution in [-0.4, -0.2) is 9.97 Å². The molecule has 0 saturated carbocycles. The molecule has 0 bridgehead atoms. The van der Waals surface area contributed by atoms with E-state index in [2.05, 4.69) is 188 Å². The Morgan fingerprint density at radius 2 is 1.00 bits per heavy atom. The van der Waals surface area contributed by atoms with E-state index in [1.54, 1.807) is 0 Å². The summed E-state index contributed by atoms with van der Waals surface area (Å²) in [6.45, 7) is 0. The van der Waals surface area contributed by atoms with Gasteiger partial charge in [-0.2, -0.15) is 0 Å². The largest absolute Gasteiger partial charge is 0.455 e. The first-order valence-corrected chi connectivity index (χ1v) is 21.0. The van der Waals surface area contributed by atoms with Gasteiger partial charge in [-0.1, -0.05) is 176 Å². The lowest BCUT2D eigenvalue weighted by Crippen LogP contribution is -1.94. The van der Waals surface area contributed by atoms with Crippen LogP contribution in [0.1, 0.15) is 18.4 Å². The van der Waals surface area contributed by atoms with E-state index in [1.807, 2.05) is 18.3 Å². The minimum atomic E-state index is 0.823. The summed E-state index contributed by atoms with van der Waals surface area (Å²) >= 11 is 0. The van der Waals surface area contributed by atoms with E-state index in [4.69, 9.17) is 14.4 Å². The maximum Gasteiger partial charge on any atom is 0.143 e. The molecule has 3 nitrogen and oxygen atoms in total. The summed E-state index contributed by atoms with van der Waals surface area (Å²) in [4.78, 5) is 10.8. The van der Waals surface area contributed by atoms with Crippen LogP contribution in [0.15, 0.2) is 211 Å². The molecule has 11 aromatic rings.